The van der Waals surface area contributed by atoms with E-state index in [0.29, 0.717) is 6.42 Å². The summed E-state index contributed by atoms with van der Waals surface area (Å²) in [6.07, 6.45) is 0.598. The predicted octanol–water partition coefficient (Wildman–Crippen LogP) is 2.47. The number of nitro benzene ring substituents is 1. The highest BCUT2D eigenvalue weighted by atomic mass is 79.9. The van der Waals surface area contributed by atoms with Crippen LogP contribution in [0.25, 0.3) is 0 Å². The first-order valence-corrected chi connectivity index (χ1v) is 8.21. The molecule has 2 rings (SSSR count). The molecule has 0 N–H and O–H groups in total. The summed E-state index contributed by atoms with van der Waals surface area (Å²) in [7, 11) is -2.94. The molecule has 1 aliphatic heterocycles. The van der Waals surface area contributed by atoms with Gasteiger partial charge in [0, 0.05) is 17.0 Å². The largest absolute Gasteiger partial charge is 0.269 e. The quantitative estimate of drug-likeness (QED) is 0.483. The van der Waals surface area contributed by atoms with Gasteiger partial charge in [-0.15, -0.1) is 0 Å². The molecule has 0 saturated carbocycles. The van der Waals surface area contributed by atoms with Crippen LogP contribution < -0.4 is 0 Å². The van der Waals surface area contributed by atoms with E-state index in [1.165, 1.54) is 12.1 Å². The minimum Gasteiger partial charge on any atom is -0.258 e. The van der Waals surface area contributed by atoms with Gasteiger partial charge in [0.25, 0.3) is 5.69 Å². The van der Waals surface area contributed by atoms with Gasteiger partial charge in [-0.25, -0.2) is 8.42 Å². The lowest BCUT2D eigenvalue weighted by molar-refractivity contribution is -0.384. The van der Waals surface area contributed by atoms with Crippen LogP contribution in [0, 0.1) is 16.0 Å². The van der Waals surface area contributed by atoms with Crippen LogP contribution in [0.1, 0.15) is 16.8 Å². The van der Waals surface area contributed by atoms with Gasteiger partial charge in [0.05, 0.1) is 16.4 Å². The van der Waals surface area contributed by atoms with Gasteiger partial charge in [0.1, 0.15) is 0 Å². The molecule has 0 spiro atoms. The van der Waals surface area contributed by atoms with E-state index in [9.17, 15) is 18.5 Å². The van der Waals surface area contributed by atoms with Crippen molar-refractivity contribution in [3.63, 3.8) is 0 Å². The van der Waals surface area contributed by atoms with Gasteiger partial charge < -0.3 is 0 Å². The normalized spacial score (nSPS) is 23.7. The Morgan fingerprint density at radius 1 is 1.44 bits per heavy atom. The lowest BCUT2D eigenvalue weighted by Gasteiger charge is -2.15. The maximum atomic E-state index is 11.4. The van der Waals surface area contributed by atoms with Crippen LogP contribution in [0.2, 0.25) is 0 Å². The molecule has 1 aromatic rings. The molecule has 0 aliphatic carbocycles. The molecule has 0 radical (unpaired) electrons. The maximum Gasteiger partial charge on any atom is 0.269 e. The van der Waals surface area contributed by atoms with Gasteiger partial charge in [0.2, 0.25) is 0 Å². The number of benzene rings is 1. The number of hydrogen-bond donors (Lipinski definition) is 0. The number of alkyl halides is 1. The number of sulfone groups is 1. The molecule has 0 amide bonds. The Bertz CT molecular complexity index is 572. The van der Waals surface area contributed by atoms with E-state index in [2.05, 4.69) is 15.9 Å². The van der Waals surface area contributed by atoms with E-state index in [1.54, 1.807) is 12.1 Å². The van der Waals surface area contributed by atoms with Crippen LogP contribution in [-0.4, -0.2) is 24.8 Å². The minimum atomic E-state index is -2.94. The zero-order valence-corrected chi connectivity index (χ0v) is 11.9. The second-order valence-electron chi connectivity index (χ2n) is 4.42. The van der Waals surface area contributed by atoms with Crippen molar-refractivity contribution >= 4 is 31.5 Å². The van der Waals surface area contributed by atoms with E-state index >= 15 is 0 Å². The van der Waals surface area contributed by atoms with Crippen molar-refractivity contribution in [1.82, 2.24) is 0 Å². The Balaban J connectivity index is 2.21. The van der Waals surface area contributed by atoms with Crippen molar-refractivity contribution < 1.29 is 13.3 Å². The molecule has 2 unspecified atom stereocenters. The lowest BCUT2D eigenvalue weighted by atomic mass is 9.98. The summed E-state index contributed by atoms with van der Waals surface area (Å²) >= 11 is 3.46. The van der Waals surface area contributed by atoms with E-state index in [4.69, 9.17) is 0 Å². The van der Waals surface area contributed by atoms with E-state index < -0.39 is 14.8 Å². The Kier molecular flexibility index (Phi) is 3.72. The number of halogens is 1. The Morgan fingerprint density at radius 2 is 2.17 bits per heavy atom. The molecule has 1 saturated heterocycles. The molecule has 2 atom stereocenters. The van der Waals surface area contributed by atoms with E-state index in [-0.39, 0.29) is 27.9 Å². The monoisotopic (exact) mass is 333 g/mol. The lowest BCUT2D eigenvalue weighted by Crippen LogP contribution is -2.10. The summed E-state index contributed by atoms with van der Waals surface area (Å²) in [6, 6.07) is 6.31. The highest BCUT2D eigenvalue weighted by Gasteiger charge is 2.33. The average Bonchev–Trinajstić information content (AvgIpc) is 2.69. The van der Waals surface area contributed by atoms with Crippen molar-refractivity contribution in [2.75, 3.05) is 11.5 Å². The maximum absolute atomic E-state index is 11.4. The molecule has 1 heterocycles. The Labute approximate surface area is 113 Å². The summed E-state index contributed by atoms with van der Waals surface area (Å²) in [5.74, 6) is 0.331. The summed E-state index contributed by atoms with van der Waals surface area (Å²) in [5.41, 5.74) is 0.782. The number of non-ortho nitro benzene ring substituents is 1. The highest BCUT2D eigenvalue weighted by Crippen LogP contribution is 2.38. The fourth-order valence-electron chi connectivity index (χ4n) is 2.14. The summed E-state index contributed by atoms with van der Waals surface area (Å²) in [5, 5.41) is 10.7. The summed E-state index contributed by atoms with van der Waals surface area (Å²) in [4.78, 5) is 10.1. The molecule has 7 heteroatoms. The second-order valence-corrected chi connectivity index (χ2v) is 7.63. The number of rotatable bonds is 3. The first-order valence-electron chi connectivity index (χ1n) is 5.48. The molecule has 1 aliphatic rings. The molecule has 1 aromatic carbocycles. The van der Waals surface area contributed by atoms with Gasteiger partial charge in [-0.2, -0.15) is 0 Å². The highest BCUT2D eigenvalue weighted by molar-refractivity contribution is 9.09. The Morgan fingerprint density at radius 3 is 2.72 bits per heavy atom. The first-order chi connectivity index (χ1) is 8.39. The molecule has 0 bridgehead atoms. The van der Waals surface area contributed by atoms with E-state index in [1.807, 2.05) is 0 Å². The SMILES string of the molecule is O=[N+]([O-])c1cccc(C(Br)C2CCS(=O)(=O)C2)c1. The van der Waals surface area contributed by atoms with Gasteiger partial charge in [-0.3, -0.25) is 10.1 Å². The van der Waals surface area contributed by atoms with Crippen LogP contribution in [0.3, 0.4) is 0 Å². The van der Waals surface area contributed by atoms with Crippen molar-refractivity contribution in [2.24, 2.45) is 5.92 Å². The van der Waals surface area contributed by atoms with Gasteiger partial charge in [0.15, 0.2) is 9.84 Å². The third kappa shape index (κ3) is 2.89. The smallest absolute Gasteiger partial charge is 0.258 e. The topological polar surface area (TPSA) is 77.3 Å². The summed E-state index contributed by atoms with van der Waals surface area (Å²) < 4.78 is 22.8. The van der Waals surface area contributed by atoms with E-state index in [0.717, 1.165) is 5.56 Å². The van der Waals surface area contributed by atoms with Crippen LogP contribution >= 0.6 is 15.9 Å². The molecule has 18 heavy (non-hydrogen) atoms. The predicted molar refractivity (Wildman–Crippen MR) is 71.5 cm³/mol. The van der Waals surface area contributed by atoms with Crippen molar-refractivity contribution in [1.29, 1.82) is 0 Å². The van der Waals surface area contributed by atoms with Crippen molar-refractivity contribution in [2.45, 2.75) is 11.2 Å². The van der Waals surface area contributed by atoms with Gasteiger partial charge in [-0.1, -0.05) is 28.1 Å². The Hall–Kier alpha value is -0.950. The van der Waals surface area contributed by atoms with Gasteiger partial charge >= 0.3 is 0 Å². The standard InChI is InChI=1S/C11H12BrNO4S/c12-11(9-4-5-18(16,17)7-9)8-2-1-3-10(6-8)13(14)15/h1-3,6,9,11H,4-5,7H2. The van der Waals surface area contributed by atoms with Crippen LogP contribution in [-0.2, 0) is 9.84 Å². The molecule has 98 valence electrons. The fourth-order valence-corrected chi connectivity index (χ4v) is 4.96. The number of nitro groups is 1. The number of nitrogens with zero attached hydrogens (tertiary/aromatic N) is 1. The summed E-state index contributed by atoms with van der Waals surface area (Å²) in [6.45, 7) is 0. The minimum absolute atomic E-state index is 0.0167. The zero-order chi connectivity index (χ0) is 13.3. The number of hydrogen-bond acceptors (Lipinski definition) is 4. The molecule has 0 aromatic heterocycles. The van der Waals surface area contributed by atoms with Crippen LogP contribution in [0.15, 0.2) is 24.3 Å². The second kappa shape index (κ2) is 4.97. The van der Waals surface area contributed by atoms with Crippen molar-refractivity contribution in [3.05, 3.63) is 39.9 Å². The third-order valence-electron chi connectivity index (χ3n) is 3.08. The molecule has 1 fully saturated rings. The molecular formula is C11H12BrNO4S. The average molecular weight is 334 g/mol. The molecule has 5 nitrogen and oxygen atoms in total. The van der Waals surface area contributed by atoms with Crippen LogP contribution in [0.5, 0.6) is 0 Å². The van der Waals surface area contributed by atoms with Crippen molar-refractivity contribution in [3.8, 4) is 0 Å². The molecular weight excluding hydrogens is 322 g/mol. The zero-order valence-electron chi connectivity index (χ0n) is 9.45. The first kappa shape index (κ1) is 13.5. The van der Waals surface area contributed by atoms with Crippen LogP contribution in [0.4, 0.5) is 5.69 Å². The third-order valence-corrected chi connectivity index (χ3v) is 6.15. The fraction of sp³-hybridized carbons (Fsp3) is 0.455. The van der Waals surface area contributed by atoms with Gasteiger partial charge in [-0.05, 0) is 17.9 Å².